The lowest BCUT2D eigenvalue weighted by atomic mass is 10.1. The first-order chi connectivity index (χ1) is 12.0. The van der Waals surface area contributed by atoms with E-state index in [0.717, 1.165) is 5.56 Å². The van der Waals surface area contributed by atoms with Crippen LogP contribution < -0.4 is 14.8 Å². The van der Waals surface area contributed by atoms with Gasteiger partial charge in [-0.25, -0.2) is 0 Å². The summed E-state index contributed by atoms with van der Waals surface area (Å²) in [5.74, 6) is 0.804. The molecule has 0 saturated carbocycles. The Balaban J connectivity index is 2.17. The van der Waals surface area contributed by atoms with Crippen LogP contribution >= 0.6 is 23.2 Å². The van der Waals surface area contributed by atoms with Crippen molar-refractivity contribution in [3.05, 3.63) is 57.6 Å². The second-order valence-corrected chi connectivity index (χ2v) is 5.89. The van der Waals surface area contributed by atoms with Crippen LogP contribution in [0.3, 0.4) is 0 Å². The third kappa shape index (κ3) is 5.28. The van der Waals surface area contributed by atoms with Crippen LogP contribution in [0.1, 0.15) is 17.5 Å². The highest BCUT2D eigenvalue weighted by atomic mass is 35.5. The molecular weight excluding hydrogens is 363 g/mol. The van der Waals surface area contributed by atoms with E-state index in [0.29, 0.717) is 27.1 Å². The van der Waals surface area contributed by atoms with E-state index in [2.05, 4.69) is 5.32 Å². The van der Waals surface area contributed by atoms with Crippen LogP contribution in [0, 0.1) is 11.3 Å². The number of nitriles is 1. The zero-order valence-corrected chi connectivity index (χ0v) is 15.0. The molecule has 0 aromatic heterocycles. The number of nitrogens with one attached hydrogen (secondary N) is 1. The summed E-state index contributed by atoms with van der Waals surface area (Å²) in [6.45, 7) is 0.404. The lowest BCUT2D eigenvalue weighted by Crippen LogP contribution is -2.22. The molecule has 0 saturated heterocycles. The first kappa shape index (κ1) is 18.9. The van der Waals surface area contributed by atoms with Gasteiger partial charge in [-0.3, -0.25) is 4.79 Å². The quantitative estimate of drug-likeness (QED) is 0.786. The summed E-state index contributed by atoms with van der Waals surface area (Å²) in [5.41, 5.74) is 1.42. The van der Waals surface area contributed by atoms with Gasteiger partial charge in [-0.05, 0) is 24.3 Å². The van der Waals surface area contributed by atoms with E-state index in [1.54, 1.807) is 49.6 Å². The summed E-state index contributed by atoms with van der Waals surface area (Å²) < 4.78 is 11.1. The molecule has 1 amide bonds. The van der Waals surface area contributed by atoms with Gasteiger partial charge in [0.15, 0.2) is 0 Å². The van der Waals surface area contributed by atoms with Gasteiger partial charge in [-0.15, -0.1) is 0 Å². The van der Waals surface area contributed by atoms with E-state index in [4.69, 9.17) is 37.9 Å². The summed E-state index contributed by atoms with van der Waals surface area (Å²) in [6, 6.07) is 12.3. The molecule has 0 bridgehead atoms. The summed E-state index contributed by atoms with van der Waals surface area (Å²) >= 11 is 12.3. The number of hydrogen-bond acceptors (Lipinski definition) is 4. The monoisotopic (exact) mass is 378 g/mol. The first-order valence-electron chi connectivity index (χ1n) is 7.41. The summed E-state index contributed by atoms with van der Waals surface area (Å²) in [6.07, 6.45) is -0.193. The second-order valence-electron chi connectivity index (χ2n) is 5.07. The van der Waals surface area contributed by atoms with Gasteiger partial charge in [-0.2, -0.15) is 5.26 Å². The summed E-state index contributed by atoms with van der Waals surface area (Å²) in [5, 5.41) is 12.2. The highest BCUT2D eigenvalue weighted by Gasteiger charge is 2.11. The van der Waals surface area contributed by atoms with Crippen molar-refractivity contribution in [3.8, 4) is 17.6 Å². The Morgan fingerprint density at radius 1 is 1.24 bits per heavy atom. The number of hydrogen-bond donors (Lipinski definition) is 1. The minimum Gasteiger partial charge on any atom is -0.497 e. The van der Waals surface area contributed by atoms with E-state index in [1.807, 2.05) is 0 Å². The topological polar surface area (TPSA) is 71.3 Å². The lowest BCUT2D eigenvalue weighted by Gasteiger charge is -2.15. The number of methoxy groups -OCH3 is 1. The molecule has 0 aliphatic carbocycles. The molecule has 2 rings (SSSR count). The lowest BCUT2D eigenvalue weighted by molar-refractivity contribution is -0.120. The molecule has 0 aliphatic rings. The van der Waals surface area contributed by atoms with Crippen molar-refractivity contribution in [3.63, 3.8) is 0 Å². The van der Waals surface area contributed by atoms with Crippen molar-refractivity contribution >= 4 is 29.1 Å². The van der Waals surface area contributed by atoms with Crippen molar-refractivity contribution < 1.29 is 14.3 Å². The first-order valence-corrected chi connectivity index (χ1v) is 8.17. The molecule has 2 aromatic carbocycles. The van der Waals surface area contributed by atoms with Crippen molar-refractivity contribution in [2.75, 3.05) is 7.11 Å². The predicted molar refractivity (Wildman–Crippen MR) is 95.9 cm³/mol. The Hall–Kier alpha value is -2.42. The normalized spacial score (nSPS) is 10.0. The minimum atomic E-state index is -0.349. The molecule has 0 heterocycles. The average Bonchev–Trinajstić information content (AvgIpc) is 2.60. The predicted octanol–water partition coefficient (Wildman–Crippen LogP) is 4.11. The van der Waals surface area contributed by atoms with Gasteiger partial charge < -0.3 is 14.8 Å². The summed E-state index contributed by atoms with van der Waals surface area (Å²) in [7, 11) is 1.55. The van der Waals surface area contributed by atoms with E-state index in [-0.39, 0.29) is 25.5 Å². The van der Waals surface area contributed by atoms with Crippen LogP contribution in [-0.2, 0) is 17.9 Å². The van der Waals surface area contributed by atoms with Crippen molar-refractivity contribution in [2.24, 2.45) is 0 Å². The molecule has 0 spiro atoms. The minimum absolute atomic E-state index is 0.171. The molecule has 0 fully saturated rings. The number of carbonyl (C=O) groups is 1. The molecule has 25 heavy (non-hydrogen) atoms. The fraction of sp³-hybridized carbons (Fsp3) is 0.222. The van der Waals surface area contributed by atoms with Gasteiger partial charge in [0.25, 0.3) is 0 Å². The van der Waals surface area contributed by atoms with Gasteiger partial charge in [0.05, 0.1) is 13.2 Å². The number of ether oxygens (including phenoxy) is 2. The number of carbonyl (C=O) groups excluding carboxylic acids is 1. The Morgan fingerprint density at radius 2 is 1.96 bits per heavy atom. The van der Waals surface area contributed by atoms with Crippen LogP contribution in [0.4, 0.5) is 0 Å². The number of amides is 1. The van der Waals surface area contributed by atoms with Gasteiger partial charge in [0.1, 0.15) is 24.5 Å². The molecule has 0 aliphatic heterocycles. The highest BCUT2D eigenvalue weighted by molar-refractivity contribution is 6.35. The molecule has 7 heteroatoms. The van der Waals surface area contributed by atoms with Crippen LogP contribution in [0.2, 0.25) is 10.0 Å². The molecule has 0 radical (unpaired) electrons. The Labute approximate surface area is 156 Å². The average molecular weight is 379 g/mol. The number of benzene rings is 2. The van der Waals surface area contributed by atoms with Crippen LogP contribution in [0.5, 0.6) is 11.5 Å². The SMILES string of the molecule is COc1ccc(CNC(=O)CC#N)c(OCc2c(Cl)cccc2Cl)c1. The molecule has 5 nitrogen and oxygen atoms in total. The maximum atomic E-state index is 11.5. The Morgan fingerprint density at radius 3 is 2.60 bits per heavy atom. The van der Waals surface area contributed by atoms with Crippen molar-refractivity contribution in [1.29, 1.82) is 5.26 Å². The van der Waals surface area contributed by atoms with Gasteiger partial charge in [0.2, 0.25) is 5.91 Å². The van der Waals surface area contributed by atoms with Gasteiger partial charge >= 0.3 is 0 Å². The largest absolute Gasteiger partial charge is 0.497 e. The zero-order chi connectivity index (χ0) is 18.2. The fourth-order valence-corrected chi connectivity index (χ4v) is 2.60. The number of halogens is 2. The van der Waals surface area contributed by atoms with E-state index >= 15 is 0 Å². The van der Waals surface area contributed by atoms with Gasteiger partial charge in [-0.1, -0.05) is 29.3 Å². The van der Waals surface area contributed by atoms with Crippen molar-refractivity contribution in [1.82, 2.24) is 5.32 Å². The Kier molecular flexibility index (Phi) is 6.93. The number of nitrogens with zero attached hydrogens (tertiary/aromatic N) is 1. The van der Waals surface area contributed by atoms with Crippen LogP contribution in [-0.4, -0.2) is 13.0 Å². The molecule has 2 aromatic rings. The fourth-order valence-electron chi connectivity index (χ4n) is 2.09. The Bertz CT molecular complexity index is 783. The second kappa shape index (κ2) is 9.16. The van der Waals surface area contributed by atoms with E-state index < -0.39 is 0 Å². The molecule has 1 N–H and O–H groups in total. The highest BCUT2D eigenvalue weighted by Crippen LogP contribution is 2.29. The van der Waals surface area contributed by atoms with E-state index in [9.17, 15) is 4.79 Å². The van der Waals surface area contributed by atoms with Gasteiger partial charge in [0, 0.05) is 33.8 Å². The number of rotatable bonds is 7. The maximum absolute atomic E-state index is 11.5. The standard InChI is InChI=1S/C18H16Cl2N2O3/c1-24-13-6-5-12(10-22-18(23)7-8-21)17(9-13)25-11-14-15(19)3-2-4-16(14)20/h2-6,9H,7,10-11H2,1H3,(H,22,23). The third-order valence-corrected chi connectivity index (χ3v) is 4.13. The van der Waals surface area contributed by atoms with Crippen LogP contribution in [0.25, 0.3) is 0 Å². The van der Waals surface area contributed by atoms with Crippen LogP contribution in [0.15, 0.2) is 36.4 Å². The zero-order valence-electron chi connectivity index (χ0n) is 13.5. The van der Waals surface area contributed by atoms with Crippen molar-refractivity contribution in [2.45, 2.75) is 19.6 Å². The molecular formula is C18H16Cl2N2O3. The molecule has 0 atom stereocenters. The van der Waals surface area contributed by atoms with E-state index in [1.165, 1.54) is 0 Å². The maximum Gasteiger partial charge on any atom is 0.234 e. The summed E-state index contributed by atoms with van der Waals surface area (Å²) in [4.78, 5) is 11.5. The smallest absolute Gasteiger partial charge is 0.234 e. The molecule has 130 valence electrons. The molecule has 0 unspecified atom stereocenters. The third-order valence-electron chi connectivity index (χ3n) is 3.42.